The lowest BCUT2D eigenvalue weighted by Crippen LogP contribution is -2.34. The normalized spacial score (nSPS) is 12.1. The van der Waals surface area contributed by atoms with E-state index in [0.29, 0.717) is 18.4 Å². The quantitative estimate of drug-likeness (QED) is 0.737. The summed E-state index contributed by atoms with van der Waals surface area (Å²) in [7, 11) is 1.61. The smallest absolute Gasteiger partial charge is 0.269 e. The average molecular weight is 356 g/mol. The van der Waals surface area contributed by atoms with E-state index in [1.54, 1.807) is 17.1 Å². The van der Waals surface area contributed by atoms with Gasteiger partial charge in [-0.3, -0.25) is 13.5 Å². The average Bonchev–Trinajstić information content (AvgIpc) is 2.98. The summed E-state index contributed by atoms with van der Waals surface area (Å²) in [6.45, 7) is 2.30. The first kappa shape index (κ1) is 17.2. The van der Waals surface area contributed by atoms with Gasteiger partial charge in [0.1, 0.15) is 11.8 Å². The van der Waals surface area contributed by atoms with Gasteiger partial charge in [0.05, 0.1) is 17.2 Å². The van der Waals surface area contributed by atoms with Crippen molar-refractivity contribution in [2.24, 2.45) is 0 Å². The van der Waals surface area contributed by atoms with Crippen molar-refractivity contribution in [2.75, 3.05) is 7.11 Å². The van der Waals surface area contributed by atoms with E-state index in [4.69, 9.17) is 4.74 Å². The molecular weight excluding hydrogens is 336 g/mol. The molecule has 0 radical (unpaired) electrons. The number of nitrogens with one attached hydrogen (secondary N) is 1. The van der Waals surface area contributed by atoms with Gasteiger partial charge in [0, 0.05) is 6.54 Å². The Hall–Kier alpha value is -2.60. The van der Waals surface area contributed by atoms with Crippen molar-refractivity contribution in [2.45, 2.75) is 25.9 Å². The third-order valence-electron chi connectivity index (χ3n) is 4.09. The van der Waals surface area contributed by atoms with Crippen molar-refractivity contribution in [3.05, 3.63) is 64.4 Å². The Morgan fingerprint density at radius 2 is 2.04 bits per heavy atom. The Bertz CT molecular complexity index is 945. The largest absolute Gasteiger partial charge is 0.497 e. The monoisotopic (exact) mass is 356 g/mol. The number of carbonyl (C=O) groups excluding carboxylic acids is 1. The second-order valence-corrected chi connectivity index (χ2v) is 6.73. The van der Waals surface area contributed by atoms with Crippen LogP contribution in [0.1, 0.15) is 24.9 Å². The summed E-state index contributed by atoms with van der Waals surface area (Å²) in [6.07, 6.45) is 0.552. The van der Waals surface area contributed by atoms with Gasteiger partial charge in [-0.15, -0.1) is 0 Å². The van der Waals surface area contributed by atoms with Crippen LogP contribution in [-0.4, -0.2) is 17.0 Å². The molecular formula is C19H20N2O3S. The molecule has 1 N–H and O–H groups in total. The number of benzene rings is 2. The molecule has 0 aliphatic heterocycles. The first-order chi connectivity index (χ1) is 12.1. The number of hydrogen-bond donors (Lipinski definition) is 1. The van der Waals surface area contributed by atoms with Gasteiger partial charge >= 0.3 is 0 Å². The van der Waals surface area contributed by atoms with Gasteiger partial charge in [0.25, 0.3) is 5.56 Å². The number of rotatable bonds is 6. The number of fused-ring (bicyclic) bond motifs is 1. The minimum absolute atomic E-state index is 0.107. The molecule has 6 heteroatoms. The molecule has 3 aromatic rings. The summed E-state index contributed by atoms with van der Waals surface area (Å²) < 4.78 is 7.66. The highest BCUT2D eigenvalue weighted by molar-refractivity contribution is 7.14. The predicted molar refractivity (Wildman–Crippen MR) is 100 cm³/mol. The molecule has 5 nitrogen and oxygen atoms in total. The number of carbonyl (C=O) groups is 1. The van der Waals surface area contributed by atoms with E-state index in [1.165, 1.54) is 11.5 Å². The maximum Gasteiger partial charge on any atom is 0.269 e. The van der Waals surface area contributed by atoms with Crippen molar-refractivity contribution in [3.8, 4) is 5.75 Å². The van der Waals surface area contributed by atoms with Crippen molar-refractivity contribution >= 4 is 27.5 Å². The maximum atomic E-state index is 12.6. The Labute approximate surface area is 150 Å². The molecule has 3 rings (SSSR count). The molecule has 1 amide bonds. The lowest BCUT2D eigenvalue weighted by atomic mass is 10.2. The van der Waals surface area contributed by atoms with Gasteiger partial charge in [-0.1, -0.05) is 42.7 Å². The van der Waals surface area contributed by atoms with Gasteiger partial charge in [0.15, 0.2) is 0 Å². The van der Waals surface area contributed by atoms with E-state index >= 15 is 0 Å². The second kappa shape index (κ2) is 7.53. The SMILES string of the molecule is CC[C@@H](C(=O)NCc1cccc(OC)c1)n1sc2ccccc2c1=O. The number of hydrogen-bond acceptors (Lipinski definition) is 4. The van der Waals surface area contributed by atoms with Crippen LogP contribution < -0.4 is 15.6 Å². The predicted octanol–water partition coefficient (Wildman–Crippen LogP) is 3.34. The first-order valence-corrected chi connectivity index (χ1v) is 8.92. The van der Waals surface area contributed by atoms with Crippen LogP contribution in [0.25, 0.3) is 10.1 Å². The zero-order valence-electron chi connectivity index (χ0n) is 14.2. The molecule has 130 valence electrons. The molecule has 0 aliphatic rings. The number of ether oxygens (including phenoxy) is 1. The molecule has 0 saturated heterocycles. The zero-order chi connectivity index (χ0) is 17.8. The van der Waals surface area contributed by atoms with Crippen molar-refractivity contribution in [1.29, 1.82) is 0 Å². The molecule has 0 bridgehead atoms. The number of methoxy groups -OCH3 is 1. The Morgan fingerprint density at radius 1 is 1.24 bits per heavy atom. The van der Waals surface area contributed by atoms with Gasteiger partial charge in [-0.25, -0.2) is 0 Å². The zero-order valence-corrected chi connectivity index (χ0v) is 15.0. The number of amides is 1. The Morgan fingerprint density at radius 3 is 2.76 bits per heavy atom. The summed E-state index contributed by atoms with van der Waals surface area (Å²) >= 11 is 1.34. The van der Waals surface area contributed by atoms with Crippen LogP contribution in [0.2, 0.25) is 0 Å². The van der Waals surface area contributed by atoms with Crippen molar-refractivity contribution in [3.63, 3.8) is 0 Å². The Kier molecular flexibility index (Phi) is 5.19. The van der Waals surface area contributed by atoms with Gasteiger partial charge < -0.3 is 10.1 Å². The minimum atomic E-state index is -0.504. The fourth-order valence-electron chi connectivity index (χ4n) is 2.74. The van der Waals surface area contributed by atoms with E-state index in [2.05, 4.69) is 5.32 Å². The second-order valence-electron chi connectivity index (χ2n) is 5.71. The van der Waals surface area contributed by atoms with E-state index in [1.807, 2.05) is 49.4 Å². The summed E-state index contributed by atoms with van der Waals surface area (Å²) in [5.74, 6) is 0.596. The summed E-state index contributed by atoms with van der Waals surface area (Å²) in [5.41, 5.74) is 0.843. The van der Waals surface area contributed by atoms with E-state index in [0.717, 1.165) is 16.0 Å². The van der Waals surface area contributed by atoms with Crippen molar-refractivity contribution in [1.82, 2.24) is 9.27 Å². The van der Waals surface area contributed by atoms with Crippen molar-refractivity contribution < 1.29 is 9.53 Å². The van der Waals surface area contributed by atoms with E-state index < -0.39 is 6.04 Å². The summed E-state index contributed by atoms with van der Waals surface area (Å²) in [6, 6.07) is 14.5. The standard InChI is InChI=1S/C19H20N2O3S/c1-3-16(21-19(23)15-9-4-5-10-17(15)25-21)18(22)20-12-13-7-6-8-14(11-13)24-2/h4-11,16H,3,12H2,1-2H3,(H,20,22)/t16-/m0/s1. The third-order valence-corrected chi connectivity index (χ3v) is 5.26. The fraction of sp³-hybridized carbons (Fsp3) is 0.263. The summed E-state index contributed by atoms with van der Waals surface area (Å²) in [5, 5.41) is 3.58. The molecule has 0 fully saturated rings. The van der Waals surface area contributed by atoms with Gasteiger partial charge in [-0.2, -0.15) is 0 Å². The molecule has 0 aliphatic carbocycles. The van der Waals surface area contributed by atoms with Crippen LogP contribution in [0.3, 0.4) is 0 Å². The van der Waals surface area contributed by atoms with Gasteiger partial charge in [0.2, 0.25) is 5.91 Å². The molecule has 0 spiro atoms. The van der Waals surface area contributed by atoms with E-state index in [-0.39, 0.29) is 11.5 Å². The highest BCUT2D eigenvalue weighted by Crippen LogP contribution is 2.21. The topological polar surface area (TPSA) is 60.3 Å². The summed E-state index contributed by atoms with van der Waals surface area (Å²) in [4.78, 5) is 25.2. The van der Waals surface area contributed by atoms with Crippen LogP contribution in [0.4, 0.5) is 0 Å². The van der Waals surface area contributed by atoms with Crippen LogP contribution in [-0.2, 0) is 11.3 Å². The third kappa shape index (κ3) is 3.58. The number of aromatic nitrogens is 1. The highest BCUT2D eigenvalue weighted by atomic mass is 32.1. The van der Waals surface area contributed by atoms with Crippen LogP contribution in [0.15, 0.2) is 53.3 Å². The molecule has 2 aromatic carbocycles. The van der Waals surface area contributed by atoms with Crippen LogP contribution in [0.5, 0.6) is 5.75 Å². The maximum absolute atomic E-state index is 12.6. The Balaban J connectivity index is 1.78. The van der Waals surface area contributed by atoms with E-state index in [9.17, 15) is 9.59 Å². The molecule has 1 heterocycles. The molecule has 0 unspecified atom stereocenters. The lowest BCUT2D eigenvalue weighted by Gasteiger charge is -2.15. The van der Waals surface area contributed by atoms with Crippen LogP contribution in [0, 0.1) is 0 Å². The molecule has 1 aromatic heterocycles. The molecule has 25 heavy (non-hydrogen) atoms. The van der Waals surface area contributed by atoms with Gasteiger partial charge in [-0.05, 0) is 36.2 Å². The molecule has 1 atom stereocenters. The minimum Gasteiger partial charge on any atom is -0.497 e. The fourth-order valence-corrected chi connectivity index (χ4v) is 3.90. The lowest BCUT2D eigenvalue weighted by molar-refractivity contribution is -0.124. The number of nitrogens with zero attached hydrogens (tertiary/aromatic N) is 1. The van der Waals surface area contributed by atoms with Crippen LogP contribution >= 0.6 is 11.5 Å². The highest BCUT2D eigenvalue weighted by Gasteiger charge is 2.22. The molecule has 0 saturated carbocycles. The first-order valence-electron chi connectivity index (χ1n) is 8.15.